The number of phenols is 2. The molecule has 0 aliphatic carbocycles. The summed E-state index contributed by atoms with van der Waals surface area (Å²) < 4.78 is 0. The number of aryl methyl sites for hydroxylation is 1. The lowest BCUT2D eigenvalue weighted by Gasteiger charge is -2.13. The number of hydrogen-bond acceptors (Lipinski definition) is 3. The Hall–Kier alpha value is -1.22. The van der Waals surface area contributed by atoms with Gasteiger partial charge in [0.1, 0.15) is 11.5 Å². The molecule has 3 heteroatoms. The quantitative estimate of drug-likeness (QED) is 0.652. The van der Waals surface area contributed by atoms with E-state index < -0.39 is 0 Å². The van der Waals surface area contributed by atoms with E-state index in [1.54, 1.807) is 19.1 Å². The summed E-state index contributed by atoms with van der Waals surface area (Å²) in [6.07, 6.45) is 0.685. The van der Waals surface area contributed by atoms with Gasteiger partial charge in [-0.05, 0) is 31.0 Å². The third-order valence-corrected chi connectivity index (χ3v) is 2.09. The van der Waals surface area contributed by atoms with Crippen molar-refractivity contribution in [3.63, 3.8) is 0 Å². The van der Waals surface area contributed by atoms with Crippen LogP contribution in [-0.4, -0.2) is 10.2 Å². The van der Waals surface area contributed by atoms with Crippen LogP contribution in [0.4, 0.5) is 0 Å². The molecule has 4 N–H and O–H groups in total. The van der Waals surface area contributed by atoms with Gasteiger partial charge in [-0.3, -0.25) is 0 Å². The summed E-state index contributed by atoms with van der Waals surface area (Å²) in [4.78, 5) is 0. The van der Waals surface area contributed by atoms with E-state index in [4.69, 9.17) is 5.73 Å². The second kappa shape index (κ2) is 3.66. The minimum Gasteiger partial charge on any atom is -0.507 e. The van der Waals surface area contributed by atoms with Crippen LogP contribution >= 0.6 is 0 Å². The van der Waals surface area contributed by atoms with Gasteiger partial charge < -0.3 is 15.9 Å². The highest BCUT2D eigenvalue weighted by molar-refractivity contribution is 5.47. The van der Waals surface area contributed by atoms with Crippen LogP contribution < -0.4 is 5.73 Å². The van der Waals surface area contributed by atoms with Crippen molar-refractivity contribution in [3.05, 3.63) is 23.3 Å². The van der Waals surface area contributed by atoms with E-state index >= 15 is 0 Å². The Morgan fingerprint density at radius 3 is 2.15 bits per heavy atom. The van der Waals surface area contributed by atoms with Crippen molar-refractivity contribution in [2.45, 2.75) is 26.3 Å². The first-order valence-corrected chi connectivity index (χ1v) is 4.34. The Bertz CT molecular complexity index is 287. The molecule has 0 saturated heterocycles. The van der Waals surface area contributed by atoms with E-state index in [-0.39, 0.29) is 17.5 Å². The highest BCUT2D eigenvalue weighted by Gasteiger charge is 2.14. The molecule has 0 spiro atoms. The smallest absolute Gasteiger partial charge is 0.124 e. The Balaban J connectivity index is 3.20. The van der Waals surface area contributed by atoms with Crippen LogP contribution in [0.5, 0.6) is 11.5 Å². The fraction of sp³-hybridized carbons (Fsp3) is 0.400. The van der Waals surface area contributed by atoms with Crippen LogP contribution in [0.25, 0.3) is 0 Å². The minimum absolute atomic E-state index is 0.0758. The zero-order valence-electron chi connectivity index (χ0n) is 7.91. The van der Waals surface area contributed by atoms with Crippen LogP contribution in [0.15, 0.2) is 12.1 Å². The van der Waals surface area contributed by atoms with E-state index in [0.717, 1.165) is 5.56 Å². The largest absolute Gasteiger partial charge is 0.507 e. The van der Waals surface area contributed by atoms with Crippen molar-refractivity contribution in [2.24, 2.45) is 5.73 Å². The molecule has 72 valence electrons. The fourth-order valence-corrected chi connectivity index (χ4v) is 1.34. The van der Waals surface area contributed by atoms with Crippen molar-refractivity contribution in [2.75, 3.05) is 0 Å². The molecule has 3 nitrogen and oxygen atoms in total. The summed E-state index contributed by atoms with van der Waals surface area (Å²) in [6.45, 7) is 3.71. The van der Waals surface area contributed by atoms with Gasteiger partial charge in [0.05, 0.1) is 5.56 Å². The van der Waals surface area contributed by atoms with Gasteiger partial charge in [-0.1, -0.05) is 6.92 Å². The van der Waals surface area contributed by atoms with Crippen molar-refractivity contribution in [1.82, 2.24) is 0 Å². The molecule has 1 aromatic carbocycles. The third-order valence-electron chi connectivity index (χ3n) is 2.09. The summed E-state index contributed by atoms with van der Waals surface area (Å²) in [5, 5.41) is 19.1. The Kier molecular flexibility index (Phi) is 2.78. The molecule has 0 fully saturated rings. The standard InChI is InChI=1S/C10H15NO2/c1-3-7(11)10-8(12)4-6(2)5-9(10)13/h4-5,7,12-13H,3,11H2,1-2H3. The van der Waals surface area contributed by atoms with E-state index in [2.05, 4.69) is 0 Å². The van der Waals surface area contributed by atoms with Crippen LogP contribution in [0.3, 0.4) is 0 Å². The van der Waals surface area contributed by atoms with Gasteiger partial charge in [0.25, 0.3) is 0 Å². The summed E-state index contributed by atoms with van der Waals surface area (Å²) in [5.41, 5.74) is 6.99. The molecule has 1 rings (SSSR count). The van der Waals surface area contributed by atoms with Gasteiger partial charge in [-0.2, -0.15) is 0 Å². The molecule has 0 aliphatic rings. The lowest BCUT2D eigenvalue weighted by atomic mass is 10.0. The van der Waals surface area contributed by atoms with Crippen molar-refractivity contribution in [3.8, 4) is 11.5 Å². The molecule has 0 saturated carbocycles. The first kappa shape index (κ1) is 9.86. The van der Waals surface area contributed by atoms with E-state index in [0.29, 0.717) is 12.0 Å². The molecule has 0 amide bonds. The van der Waals surface area contributed by atoms with E-state index in [1.807, 2.05) is 6.92 Å². The second-order valence-corrected chi connectivity index (χ2v) is 3.23. The molecule has 1 unspecified atom stereocenters. The maximum Gasteiger partial charge on any atom is 0.124 e. The van der Waals surface area contributed by atoms with Gasteiger partial charge in [-0.25, -0.2) is 0 Å². The summed E-state index contributed by atoms with van der Waals surface area (Å²) in [6, 6.07) is 2.90. The number of nitrogens with two attached hydrogens (primary N) is 1. The predicted octanol–water partition coefficient (Wildman–Crippen LogP) is 1.82. The number of rotatable bonds is 2. The molecule has 0 heterocycles. The highest BCUT2D eigenvalue weighted by atomic mass is 16.3. The summed E-state index contributed by atoms with van der Waals surface area (Å²) in [7, 11) is 0. The minimum atomic E-state index is -0.305. The monoisotopic (exact) mass is 181 g/mol. The Morgan fingerprint density at radius 1 is 1.31 bits per heavy atom. The Morgan fingerprint density at radius 2 is 1.77 bits per heavy atom. The highest BCUT2D eigenvalue weighted by Crippen LogP contribution is 2.33. The number of phenolic OH excluding ortho intramolecular Hbond substituents is 2. The lowest BCUT2D eigenvalue weighted by Crippen LogP contribution is -2.09. The second-order valence-electron chi connectivity index (χ2n) is 3.23. The van der Waals surface area contributed by atoms with Crippen LogP contribution in [-0.2, 0) is 0 Å². The number of aromatic hydroxyl groups is 2. The zero-order valence-corrected chi connectivity index (χ0v) is 7.91. The maximum atomic E-state index is 9.53. The van der Waals surface area contributed by atoms with Crippen LogP contribution in [0, 0.1) is 6.92 Å². The lowest BCUT2D eigenvalue weighted by molar-refractivity contribution is 0.426. The maximum absolute atomic E-state index is 9.53. The molecule has 1 atom stereocenters. The normalized spacial score (nSPS) is 12.8. The average molecular weight is 181 g/mol. The molecule has 0 radical (unpaired) electrons. The summed E-state index contributed by atoms with van der Waals surface area (Å²) in [5.74, 6) is 0.152. The van der Waals surface area contributed by atoms with Gasteiger partial charge in [-0.15, -0.1) is 0 Å². The van der Waals surface area contributed by atoms with Gasteiger partial charge >= 0.3 is 0 Å². The number of benzene rings is 1. The summed E-state index contributed by atoms with van der Waals surface area (Å²) >= 11 is 0. The van der Waals surface area contributed by atoms with Crippen molar-refractivity contribution >= 4 is 0 Å². The van der Waals surface area contributed by atoms with Crippen molar-refractivity contribution < 1.29 is 10.2 Å². The fourth-order valence-electron chi connectivity index (χ4n) is 1.34. The number of hydrogen-bond donors (Lipinski definition) is 3. The predicted molar refractivity (Wildman–Crippen MR) is 51.7 cm³/mol. The first-order valence-electron chi connectivity index (χ1n) is 4.34. The molecule has 1 aromatic rings. The zero-order chi connectivity index (χ0) is 10.0. The topological polar surface area (TPSA) is 66.5 Å². The van der Waals surface area contributed by atoms with Gasteiger partial charge in [0, 0.05) is 6.04 Å². The molecular formula is C10H15NO2. The first-order chi connectivity index (χ1) is 6.06. The van der Waals surface area contributed by atoms with Gasteiger partial charge in [0.15, 0.2) is 0 Å². The third kappa shape index (κ3) is 1.92. The van der Waals surface area contributed by atoms with E-state index in [1.165, 1.54) is 0 Å². The van der Waals surface area contributed by atoms with Gasteiger partial charge in [0.2, 0.25) is 0 Å². The molecule has 0 bridgehead atoms. The Labute approximate surface area is 77.8 Å². The molecule has 0 aliphatic heterocycles. The average Bonchev–Trinajstić information content (AvgIpc) is 2.02. The van der Waals surface area contributed by atoms with Crippen LogP contribution in [0.2, 0.25) is 0 Å². The SMILES string of the molecule is CCC(N)c1c(O)cc(C)cc1O. The molecule has 13 heavy (non-hydrogen) atoms. The van der Waals surface area contributed by atoms with E-state index in [9.17, 15) is 10.2 Å². The van der Waals surface area contributed by atoms with Crippen LogP contribution in [0.1, 0.15) is 30.5 Å². The molecule has 0 aromatic heterocycles. The molecular weight excluding hydrogens is 166 g/mol. The van der Waals surface area contributed by atoms with Crippen molar-refractivity contribution in [1.29, 1.82) is 0 Å².